The van der Waals surface area contributed by atoms with Crippen molar-refractivity contribution >= 4 is 11.3 Å². The Bertz CT molecular complexity index is 364. The number of nitrogens with one attached hydrogen (secondary N) is 1. The maximum Gasteiger partial charge on any atom is 0.114 e. The molecule has 3 saturated heterocycles. The molecule has 0 radical (unpaired) electrons. The zero-order chi connectivity index (χ0) is 11.9. The lowest BCUT2D eigenvalue weighted by atomic mass is 9.72. The number of fused-ring (bicyclic) bond motifs is 3. The molecular weight excluding hydrogens is 230 g/mol. The second kappa shape index (κ2) is 4.34. The average molecular weight is 251 g/mol. The van der Waals surface area contributed by atoms with E-state index < -0.39 is 0 Å². The van der Waals surface area contributed by atoms with Crippen LogP contribution < -0.4 is 5.32 Å². The molecule has 94 valence electrons. The minimum absolute atomic E-state index is 0.124. The van der Waals surface area contributed by atoms with Gasteiger partial charge in [0.15, 0.2) is 0 Å². The predicted octanol–water partition coefficient (Wildman–Crippen LogP) is 2.06. The lowest BCUT2D eigenvalue weighted by molar-refractivity contribution is -0.00166. The lowest BCUT2D eigenvalue weighted by Crippen LogP contribution is -2.64. The molecule has 17 heavy (non-hydrogen) atoms. The van der Waals surface area contributed by atoms with Crippen LogP contribution in [0.15, 0.2) is 11.6 Å². The number of hydrogen-bond acceptors (Lipinski definition) is 4. The largest absolute Gasteiger partial charge is 0.302 e. The van der Waals surface area contributed by atoms with Gasteiger partial charge in [0.2, 0.25) is 0 Å². The number of hydrogen-bond donors (Lipinski definition) is 1. The minimum atomic E-state index is 0.124. The van der Waals surface area contributed by atoms with Crippen LogP contribution in [0.3, 0.4) is 0 Å². The summed E-state index contributed by atoms with van der Waals surface area (Å²) >= 11 is 1.81. The van der Waals surface area contributed by atoms with Crippen LogP contribution in [0, 0.1) is 5.92 Å². The molecule has 3 aliphatic rings. The van der Waals surface area contributed by atoms with Gasteiger partial charge in [-0.25, -0.2) is 4.98 Å². The maximum absolute atomic E-state index is 4.61. The zero-order valence-electron chi connectivity index (χ0n) is 10.6. The first-order valence-electron chi connectivity index (χ1n) is 6.61. The molecule has 1 aromatic heterocycles. The van der Waals surface area contributed by atoms with Crippen molar-refractivity contribution in [1.29, 1.82) is 0 Å². The topological polar surface area (TPSA) is 28.2 Å². The summed E-state index contributed by atoms with van der Waals surface area (Å²) in [6.45, 7) is 8.18. The van der Waals surface area contributed by atoms with E-state index in [1.54, 1.807) is 0 Å². The van der Waals surface area contributed by atoms with Crippen molar-refractivity contribution in [2.75, 3.05) is 19.6 Å². The average Bonchev–Trinajstić information content (AvgIpc) is 2.83. The van der Waals surface area contributed by atoms with Crippen LogP contribution in [0.5, 0.6) is 0 Å². The number of nitrogens with zero attached hydrogens (tertiary/aromatic N) is 2. The van der Waals surface area contributed by atoms with E-state index in [1.807, 2.05) is 17.5 Å². The molecule has 1 aromatic rings. The van der Waals surface area contributed by atoms with Crippen molar-refractivity contribution in [2.24, 2.45) is 5.92 Å². The first kappa shape index (κ1) is 11.6. The van der Waals surface area contributed by atoms with E-state index in [0.717, 1.165) is 12.5 Å². The summed E-state index contributed by atoms with van der Waals surface area (Å²) in [6.07, 6.45) is 4.58. The van der Waals surface area contributed by atoms with Gasteiger partial charge >= 0.3 is 0 Å². The van der Waals surface area contributed by atoms with Gasteiger partial charge in [0.25, 0.3) is 0 Å². The van der Waals surface area contributed by atoms with Gasteiger partial charge in [-0.05, 0) is 45.7 Å². The summed E-state index contributed by atoms with van der Waals surface area (Å²) < 4.78 is 0. The highest BCUT2D eigenvalue weighted by Crippen LogP contribution is 2.43. The monoisotopic (exact) mass is 251 g/mol. The molecule has 3 fully saturated rings. The molecule has 0 aliphatic carbocycles. The van der Waals surface area contributed by atoms with Gasteiger partial charge in [0, 0.05) is 24.2 Å². The second-order valence-electron chi connectivity index (χ2n) is 5.66. The summed E-state index contributed by atoms with van der Waals surface area (Å²) in [7, 11) is 0. The number of piperidine rings is 3. The normalized spacial score (nSPS) is 36.6. The Hall–Kier alpha value is -0.450. The standard InChI is InChI=1S/C13H21N3S/c1-10(2)15-13(12-14-5-8-17-12)9-16-6-3-11(13)4-7-16/h5,8,10-11,15H,3-4,6-7,9H2,1-2H3. The summed E-state index contributed by atoms with van der Waals surface area (Å²) in [5, 5.41) is 7.24. The Kier molecular flexibility index (Phi) is 2.97. The van der Waals surface area contributed by atoms with Crippen molar-refractivity contribution in [3.8, 4) is 0 Å². The first-order valence-corrected chi connectivity index (χ1v) is 7.49. The molecule has 0 amide bonds. The van der Waals surface area contributed by atoms with Crippen molar-refractivity contribution in [1.82, 2.24) is 15.2 Å². The van der Waals surface area contributed by atoms with Crippen LogP contribution in [0.25, 0.3) is 0 Å². The molecule has 1 N–H and O–H groups in total. The minimum Gasteiger partial charge on any atom is -0.302 e. The van der Waals surface area contributed by atoms with Gasteiger partial charge in [0.05, 0.1) is 5.54 Å². The highest BCUT2D eigenvalue weighted by Gasteiger charge is 2.49. The van der Waals surface area contributed by atoms with Gasteiger partial charge in [-0.3, -0.25) is 0 Å². The van der Waals surface area contributed by atoms with Crippen LogP contribution in [0.2, 0.25) is 0 Å². The molecule has 2 bridgehead atoms. The van der Waals surface area contributed by atoms with Crippen molar-refractivity contribution in [2.45, 2.75) is 38.3 Å². The first-order chi connectivity index (χ1) is 8.21. The Balaban J connectivity index is 1.97. The quantitative estimate of drug-likeness (QED) is 0.891. The molecule has 0 saturated carbocycles. The second-order valence-corrected chi connectivity index (χ2v) is 6.55. The SMILES string of the molecule is CC(C)NC1(c2nccs2)CN2CCC1CC2. The third-order valence-corrected chi connectivity index (χ3v) is 5.07. The van der Waals surface area contributed by atoms with Crippen molar-refractivity contribution < 1.29 is 0 Å². The van der Waals surface area contributed by atoms with E-state index in [9.17, 15) is 0 Å². The van der Waals surface area contributed by atoms with Gasteiger partial charge in [-0.2, -0.15) is 0 Å². The molecule has 1 unspecified atom stereocenters. The van der Waals surface area contributed by atoms with Gasteiger partial charge in [-0.15, -0.1) is 11.3 Å². The molecule has 4 rings (SSSR count). The molecule has 3 nitrogen and oxygen atoms in total. The number of rotatable bonds is 3. The number of aromatic nitrogens is 1. The maximum atomic E-state index is 4.61. The molecule has 0 aromatic carbocycles. The zero-order valence-corrected chi connectivity index (χ0v) is 11.5. The van der Waals surface area contributed by atoms with Crippen LogP contribution in [0.4, 0.5) is 0 Å². The number of thiazole rings is 1. The molecule has 4 heteroatoms. The van der Waals surface area contributed by atoms with Gasteiger partial charge < -0.3 is 10.2 Å². The van der Waals surface area contributed by atoms with Gasteiger partial charge in [-0.1, -0.05) is 0 Å². The Morgan fingerprint density at radius 3 is 2.71 bits per heavy atom. The summed E-state index contributed by atoms with van der Waals surface area (Å²) in [4.78, 5) is 7.21. The highest BCUT2D eigenvalue weighted by molar-refractivity contribution is 7.09. The third kappa shape index (κ3) is 1.92. The molecular formula is C13H21N3S. The van der Waals surface area contributed by atoms with E-state index in [4.69, 9.17) is 0 Å². The fourth-order valence-electron chi connectivity index (χ4n) is 3.49. The van der Waals surface area contributed by atoms with Crippen LogP contribution in [-0.2, 0) is 5.54 Å². The molecule has 3 aliphatic heterocycles. The van der Waals surface area contributed by atoms with E-state index in [-0.39, 0.29) is 5.54 Å². The Morgan fingerprint density at radius 1 is 1.47 bits per heavy atom. The van der Waals surface area contributed by atoms with Crippen LogP contribution >= 0.6 is 11.3 Å². The van der Waals surface area contributed by atoms with E-state index in [2.05, 4.69) is 34.4 Å². The lowest BCUT2D eigenvalue weighted by Gasteiger charge is -2.53. The smallest absolute Gasteiger partial charge is 0.114 e. The summed E-state index contributed by atoms with van der Waals surface area (Å²) in [5.74, 6) is 0.765. The molecule has 1 atom stereocenters. The van der Waals surface area contributed by atoms with E-state index in [1.165, 1.54) is 30.9 Å². The van der Waals surface area contributed by atoms with Gasteiger partial charge in [0.1, 0.15) is 5.01 Å². The van der Waals surface area contributed by atoms with E-state index >= 15 is 0 Å². The van der Waals surface area contributed by atoms with Crippen molar-refractivity contribution in [3.63, 3.8) is 0 Å². The Labute approximate surface area is 107 Å². The summed E-state index contributed by atoms with van der Waals surface area (Å²) in [6, 6.07) is 0.513. The molecule has 4 heterocycles. The van der Waals surface area contributed by atoms with E-state index in [0.29, 0.717) is 6.04 Å². The Morgan fingerprint density at radius 2 is 2.24 bits per heavy atom. The van der Waals surface area contributed by atoms with Crippen LogP contribution in [0.1, 0.15) is 31.7 Å². The fraction of sp³-hybridized carbons (Fsp3) is 0.769. The van der Waals surface area contributed by atoms with Crippen LogP contribution in [-0.4, -0.2) is 35.6 Å². The highest BCUT2D eigenvalue weighted by atomic mass is 32.1. The predicted molar refractivity (Wildman–Crippen MR) is 71.2 cm³/mol. The van der Waals surface area contributed by atoms with Crippen molar-refractivity contribution in [3.05, 3.63) is 16.6 Å². The third-order valence-electron chi connectivity index (χ3n) is 4.12. The molecule has 0 spiro atoms. The summed E-state index contributed by atoms with van der Waals surface area (Å²) in [5.41, 5.74) is 0.124. The fourth-order valence-corrected chi connectivity index (χ4v) is 4.36.